The zero-order valence-electron chi connectivity index (χ0n) is 15.0. The first kappa shape index (κ1) is 18.3. The van der Waals surface area contributed by atoms with Crippen LogP contribution in [0.25, 0.3) is 0 Å². The number of nitrogens with one attached hydrogen (secondary N) is 1. The third-order valence-corrected chi connectivity index (χ3v) is 3.81. The highest BCUT2D eigenvalue weighted by Gasteiger charge is 2.14. The predicted octanol–water partition coefficient (Wildman–Crippen LogP) is 2.97. The highest BCUT2D eigenvalue weighted by molar-refractivity contribution is 6.05. The van der Waals surface area contributed by atoms with Crippen LogP contribution < -0.4 is 14.8 Å². The monoisotopic (exact) mass is 342 g/mol. The molecule has 0 spiro atoms. The molecule has 1 N–H and O–H groups in total. The van der Waals surface area contributed by atoms with E-state index >= 15 is 0 Å². The molecule has 6 heteroatoms. The Morgan fingerprint density at radius 1 is 0.920 bits per heavy atom. The minimum atomic E-state index is -0.289. The standard InChI is InChI=1S/C19H22N2O4/c1-12-16(24-4)10-14(11-17(12)25-5)18(22)20-15-8-6-13(7-9-15)19(23)21(2)3/h6-11H,1-5H3,(H,20,22). The molecule has 0 atom stereocenters. The fraction of sp³-hybridized carbons (Fsp3) is 0.263. The quantitative estimate of drug-likeness (QED) is 0.907. The summed E-state index contributed by atoms with van der Waals surface area (Å²) in [5, 5.41) is 2.80. The van der Waals surface area contributed by atoms with Crippen molar-refractivity contribution in [3.05, 3.63) is 53.1 Å². The first-order chi connectivity index (χ1) is 11.9. The lowest BCUT2D eigenvalue weighted by Crippen LogP contribution is -2.21. The van der Waals surface area contributed by atoms with Crippen molar-refractivity contribution in [3.8, 4) is 11.5 Å². The van der Waals surface area contributed by atoms with Crippen molar-refractivity contribution in [1.82, 2.24) is 4.90 Å². The summed E-state index contributed by atoms with van der Waals surface area (Å²) in [6, 6.07) is 10.1. The normalized spacial score (nSPS) is 10.1. The smallest absolute Gasteiger partial charge is 0.255 e. The maximum atomic E-state index is 12.5. The molecular weight excluding hydrogens is 320 g/mol. The number of methoxy groups -OCH3 is 2. The van der Waals surface area contributed by atoms with Crippen LogP contribution >= 0.6 is 0 Å². The van der Waals surface area contributed by atoms with Gasteiger partial charge in [-0.2, -0.15) is 0 Å². The summed E-state index contributed by atoms with van der Waals surface area (Å²) in [5.74, 6) is 0.780. The van der Waals surface area contributed by atoms with Crippen LogP contribution in [0, 0.1) is 6.92 Å². The fourth-order valence-electron chi connectivity index (χ4n) is 2.37. The summed E-state index contributed by atoms with van der Waals surface area (Å²) < 4.78 is 10.6. The molecule has 0 saturated carbocycles. The molecule has 0 bridgehead atoms. The van der Waals surface area contributed by atoms with Crippen molar-refractivity contribution in [2.24, 2.45) is 0 Å². The van der Waals surface area contributed by atoms with Gasteiger partial charge in [0.05, 0.1) is 14.2 Å². The SMILES string of the molecule is COc1cc(C(=O)Nc2ccc(C(=O)N(C)C)cc2)cc(OC)c1C. The largest absolute Gasteiger partial charge is 0.496 e. The minimum absolute atomic E-state index is 0.0918. The topological polar surface area (TPSA) is 67.9 Å². The lowest BCUT2D eigenvalue weighted by Gasteiger charge is -2.13. The summed E-state index contributed by atoms with van der Waals surface area (Å²) >= 11 is 0. The Hall–Kier alpha value is -3.02. The number of anilines is 1. The van der Waals surface area contributed by atoms with Crippen LogP contribution in [0.1, 0.15) is 26.3 Å². The molecule has 2 rings (SSSR count). The Morgan fingerprint density at radius 2 is 1.44 bits per heavy atom. The maximum Gasteiger partial charge on any atom is 0.255 e. The van der Waals surface area contributed by atoms with Crippen LogP contribution in [0.5, 0.6) is 11.5 Å². The molecule has 2 aromatic rings. The first-order valence-electron chi connectivity index (χ1n) is 7.73. The number of carbonyl (C=O) groups excluding carboxylic acids is 2. The Morgan fingerprint density at radius 3 is 1.88 bits per heavy atom. The second-order valence-corrected chi connectivity index (χ2v) is 5.74. The molecule has 2 amide bonds. The van der Waals surface area contributed by atoms with Gasteiger partial charge in [0.1, 0.15) is 11.5 Å². The number of rotatable bonds is 5. The zero-order valence-corrected chi connectivity index (χ0v) is 15.0. The number of nitrogens with zero attached hydrogens (tertiary/aromatic N) is 1. The van der Waals surface area contributed by atoms with Gasteiger partial charge in [-0.1, -0.05) is 0 Å². The highest BCUT2D eigenvalue weighted by atomic mass is 16.5. The van der Waals surface area contributed by atoms with Crippen LogP contribution in [0.2, 0.25) is 0 Å². The van der Waals surface area contributed by atoms with E-state index in [1.807, 2.05) is 6.92 Å². The lowest BCUT2D eigenvalue weighted by atomic mass is 10.1. The van der Waals surface area contributed by atoms with E-state index in [0.29, 0.717) is 28.3 Å². The van der Waals surface area contributed by atoms with E-state index < -0.39 is 0 Å². The molecule has 2 aromatic carbocycles. The number of carbonyl (C=O) groups is 2. The average Bonchev–Trinajstić information content (AvgIpc) is 2.61. The Balaban J connectivity index is 2.21. The van der Waals surface area contributed by atoms with E-state index in [9.17, 15) is 9.59 Å². The van der Waals surface area contributed by atoms with Crippen molar-refractivity contribution in [2.75, 3.05) is 33.6 Å². The fourth-order valence-corrected chi connectivity index (χ4v) is 2.37. The highest BCUT2D eigenvalue weighted by Crippen LogP contribution is 2.29. The Kier molecular flexibility index (Phi) is 5.64. The van der Waals surface area contributed by atoms with Crippen molar-refractivity contribution in [1.29, 1.82) is 0 Å². The van der Waals surface area contributed by atoms with Crippen LogP contribution in [0.3, 0.4) is 0 Å². The molecule has 0 aliphatic carbocycles. The molecule has 132 valence electrons. The second-order valence-electron chi connectivity index (χ2n) is 5.74. The van der Waals surface area contributed by atoms with Crippen LogP contribution in [-0.2, 0) is 0 Å². The van der Waals surface area contributed by atoms with Crippen molar-refractivity contribution in [2.45, 2.75) is 6.92 Å². The summed E-state index contributed by atoms with van der Waals surface area (Å²) in [7, 11) is 6.47. The van der Waals surface area contributed by atoms with E-state index in [0.717, 1.165) is 5.56 Å². The van der Waals surface area contributed by atoms with Gasteiger partial charge in [0, 0.05) is 36.5 Å². The van der Waals surface area contributed by atoms with Crippen molar-refractivity contribution >= 4 is 17.5 Å². The minimum Gasteiger partial charge on any atom is -0.496 e. The summed E-state index contributed by atoms with van der Waals surface area (Å²) in [6.45, 7) is 1.86. The Bertz CT molecular complexity index is 758. The third kappa shape index (κ3) is 4.09. The van der Waals surface area contributed by atoms with E-state index in [2.05, 4.69) is 5.32 Å². The molecule has 6 nitrogen and oxygen atoms in total. The third-order valence-electron chi connectivity index (χ3n) is 3.81. The number of amides is 2. The number of benzene rings is 2. The summed E-state index contributed by atoms with van der Waals surface area (Å²) in [6.07, 6.45) is 0. The predicted molar refractivity (Wildman–Crippen MR) is 96.7 cm³/mol. The van der Waals surface area contributed by atoms with Crippen molar-refractivity contribution < 1.29 is 19.1 Å². The number of hydrogen-bond donors (Lipinski definition) is 1. The van der Waals surface area contributed by atoms with E-state index in [-0.39, 0.29) is 11.8 Å². The zero-order chi connectivity index (χ0) is 18.6. The molecule has 25 heavy (non-hydrogen) atoms. The molecule has 0 fully saturated rings. The molecule has 0 saturated heterocycles. The first-order valence-corrected chi connectivity index (χ1v) is 7.73. The number of ether oxygens (including phenoxy) is 2. The van der Waals surface area contributed by atoms with Gasteiger partial charge in [-0.25, -0.2) is 0 Å². The van der Waals surface area contributed by atoms with Gasteiger partial charge in [-0.15, -0.1) is 0 Å². The molecule has 0 aliphatic heterocycles. The Labute approximate surface area is 147 Å². The van der Waals surface area contributed by atoms with Gasteiger partial charge < -0.3 is 19.7 Å². The van der Waals surface area contributed by atoms with Gasteiger partial charge in [0.15, 0.2) is 0 Å². The summed E-state index contributed by atoms with van der Waals surface area (Å²) in [4.78, 5) is 25.9. The molecule has 0 heterocycles. The van der Waals surface area contributed by atoms with Crippen molar-refractivity contribution in [3.63, 3.8) is 0 Å². The lowest BCUT2D eigenvalue weighted by molar-refractivity contribution is 0.0827. The summed E-state index contributed by atoms with van der Waals surface area (Å²) in [5.41, 5.74) is 2.40. The van der Waals surface area contributed by atoms with Crippen LogP contribution in [0.4, 0.5) is 5.69 Å². The molecular formula is C19H22N2O4. The average molecular weight is 342 g/mol. The number of hydrogen-bond acceptors (Lipinski definition) is 4. The van der Waals surface area contributed by atoms with E-state index in [1.165, 1.54) is 4.90 Å². The van der Waals surface area contributed by atoms with Crippen LogP contribution in [-0.4, -0.2) is 45.0 Å². The van der Waals surface area contributed by atoms with Gasteiger partial charge in [0.2, 0.25) is 0 Å². The second kappa shape index (κ2) is 7.70. The molecule has 0 radical (unpaired) electrons. The van der Waals surface area contributed by atoms with Gasteiger partial charge in [-0.05, 0) is 43.3 Å². The molecule has 0 aliphatic rings. The maximum absolute atomic E-state index is 12.5. The molecule has 0 unspecified atom stereocenters. The molecule has 0 aromatic heterocycles. The van der Waals surface area contributed by atoms with E-state index in [4.69, 9.17) is 9.47 Å². The van der Waals surface area contributed by atoms with Gasteiger partial charge in [0.25, 0.3) is 11.8 Å². The van der Waals surface area contributed by atoms with E-state index in [1.54, 1.807) is 64.7 Å². The van der Waals surface area contributed by atoms with Gasteiger partial charge >= 0.3 is 0 Å². The van der Waals surface area contributed by atoms with Crippen LogP contribution in [0.15, 0.2) is 36.4 Å². The van der Waals surface area contributed by atoms with Gasteiger partial charge in [-0.3, -0.25) is 9.59 Å².